The maximum Gasteiger partial charge on any atom is 0.272 e. The molecule has 37 heteroatoms. The molecule has 19 aromatic rings. The van der Waals surface area contributed by atoms with Gasteiger partial charge in [0.2, 0.25) is 34.3 Å². The Morgan fingerprint density at radius 3 is 0.957 bits per heavy atom. The molecule has 0 spiro atoms. The maximum absolute atomic E-state index is 12.4. The van der Waals surface area contributed by atoms with Crippen molar-refractivity contribution in [3.63, 3.8) is 0 Å². The van der Waals surface area contributed by atoms with Crippen molar-refractivity contribution >= 4 is 85.4 Å². The van der Waals surface area contributed by atoms with Gasteiger partial charge in [0, 0.05) is 98.5 Å². The Balaban J connectivity index is 0.0000000935. The molecule has 5 aliphatic carbocycles. The summed E-state index contributed by atoms with van der Waals surface area (Å²) in [6, 6.07) is 44.4. The predicted octanol–water partition coefficient (Wildman–Crippen LogP) is 8.06. The lowest BCUT2D eigenvalue weighted by Crippen LogP contribution is -2.13. The molecular formula is C80H59N31O6. The van der Waals surface area contributed by atoms with Gasteiger partial charge in [0.1, 0.15) is 45.4 Å². The summed E-state index contributed by atoms with van der Waals surface area (Å²) in [6.45, 7) is 10.2. The molecule has 0 saturated heterocycles. The molecule has 117 heavy (non-hydrogen) atoms. The molecule has 0 fully saturated rings. The molecule has 12 heterocycles. The summed E-state index contributed by atoms with van der Waals surface area (Å²) in [6.07, 6.45) is 7.69. The highest BCUT2D eigenvalue weighted by Crippen LogP contribution is 2.39. The third-order valence-corrected chi connectivity index (χ3v) is 20.1. The first-order valence-electron chi connectivity index (χ1n) is 37.6. The lowest BCUT2D eigenvalue weighted by Gasteiger charge is -2.00. The number of hydrogen-bond acceptors (Lipinski definition) is 30. The van der Waals surface area contributed by atoms with Crippen LogP contribution in [-0.4, -0.2) is 178 Å². The molecule has 12 aromatic heterocycles. The number of H-pyrrole nitrogens is 1. The Hall–Kier alpha value is -16.0. The molecule has 37 nitrogen and oxygen atoms in total. The van der Waals surface area contributed by atoms with Crippen molar-refractivity contribution in [2.45, 2.75) is 92.4 Å². The fourth-order valence-electron chi connectivity index (χ4n) is 14.5. The van der Waals surface area contributed by atoms with Crippen LogP contribution < -0.4 is 11.0 Å². The zero-order valence-corrected chi connectivity index (χ0v) is 62.6. The molecule has 570 valence electrons. The lowest BCUT2D eigenvalue weighted by atomic mass is 10.1. The van der Waals surface area contributed by atoms with E-state index in [0.29, 0.717) is 149 Å². The second kappa shape index (κ2) is 28.6. The highest BCUT2D eigenvalue weighted by atomic mass is 16.1. The van der Waals surface area contributed by atoms with Crippen LogP contribution in [0.3, 0.4) is 0 Å². The highest BCUT2D eigenvalue weighted by Gasteiger charge is 2.36. The van der Waals surface area contributed by atoms with Gasteiger partial charge in [0.05, 0.1) is 5.52 Å². The number of aromatic amines is 1. The van der Waals surface area contributed by atoms with E-state index in [4.69, 9.17) is 5.41 Å². The monoisotopic (exact) mass is 1550 g/mol. The van der Waals surface area contributed by atoms with Gasteiger partial charge in [-0.3, -0.25) is 39.3 Å². The Bertz CT molecular complexity index is 7540. The number of nitrogens with one attached hydrogen (secondary N) is 2. The van der Waals surface area contributed by atoms with E-state index in [0.717, 1.165) is 101 Å². The standard InChI is InChI=1S/C15H13N5O.2C14H11N5O.2C13H9N5O.C11H6N6O/c1-2-3-8-11-17-18-15-16-12-9-6-4-5-7-10(9)14(21)13(12)19-20(11)15;1-2-5-10-16-17-14-15-12-11(18-19(10)14)8-6-3-4-7-9(8)13(12)20;1-2-5-10-16-17-14-15-11-8-6-3-4-7-9(8)13(20)12(11)18-19(10)14;1-2-9-15-16-13-14-11-10(17-18(9)13)7-5-3-4-6-8(7)12(11)19;1-2-9-15-16-13-14-10-7-5-3-4-6-8(7)12(19)11(10)17-18(9)13;12-10-14-15-11-13-8-7(16-17(10)11)5-3-1-2-4-6(5)9(8)18/h4-7H,2-3,8H2,1H3;2*3-4,6-7H,2,5H2,1H3;2*3-6H,2H2,1H3;1-4,12,16H. The number of nitrogens with zero attached hydrogens (tertiary/aromatic N) is 29. The van der Waals surface area contributed by atoms with Crippen LogP contribution in [0.2, 0.25) is 0 Å². The van der Waals surface area contributed by atoms with Crippen molar-refractivity contribution in [1.82, 2.24) is 149 Å². The SMILES string of the molecule is CCCCc1nnc2nc3c(nn12)C(=O)c1ccccc1-3.CCCc1nnc2nc3c(nn12)-c1ccccc1C3=O.CCCc1nnc2nc3c(nn12)C(=O)c1ccccc1-3.CCc1nnc2nc3c(nn12)-c1ccccc1C3=O.CCc1nnc2nc3c(nn12)C(=O)c1ccccc1-3.N=c1nnc2nc3c(=O)c4ccccc4c3[nH]n12. The van der Waals surface area contributed by atoms with Gasteiger partial charge in [-0.2, -0.15) is 52.6 Å². The average molecular weight is 1550 g/mol. The van der Waals surface area contributed by atoms with E-state index in [1.165, 1.54) is 4.52 Å². The summed E-state index contributed by atoms with van der Waals surface area (Å²) in [5.74, 6) is 5.57. The summed E-state index contributed by atoms with van der Waals surface area (Å²) < 4.78 is 9.30. The first kappa shape index (κ1) is 71.3. The summed E-state index contributed by atoms with van der Waals surface area (Å²) in [7, 11) is 0. The minimum atomic E-state index is -0.131. The highest BCUT2D eigenvalue weighted by molar-refractivity contribution is 6.23. The summed E-state index contributed by atoms with van der Waals surface area (Å²) in [5, 5.41) is 81.9. The smallest absolute Gasteiger partial charge is 0.272 e. The summed E-state index contributed by atoms with van der Waals surface area (Å²) in [5.41, 5.74) is 13.1. The Morgan fingerprint density at radius 1 is 0.291 bits per heavy atom. The van der Waals surface area contributed by atoms with Crippen molar-refractivity contribution in [1.29, 1.82) is 5.41 Å². The predicted molar refractivity (Wildman–Crippen MR) is 416 cm³/mol. The maximum atomic E-state index is 12.4. The summed E-state index contributed by atoms with van der Waals surface area (Å²) >= 11 is 0. The molecule has 0 aliphatic heterocycles. The third-order valence-electron chi connectivity index (χ3n) is 20.1. The molecule has 7 aromatic carbocycles. The molecule has 0 bridgehead atoms. The van der Waals surface area contributed by atoms with E-state index in [2.05, 4.69) is 142 Å². The van der Waals surface area contributed by atoms with Crippen molar-refractivity contribution in [2.24, 2.45) is 0 Å². The molecule has 0 unspecified atom stereocenters. The van der Waals surface area contributed by atoms with Crippen molar-refractivity contribution < 1.29 is 24.0 Å². The van der Waals surface area contributed by atoms with E-state index in [1.807, 2.05) is 123 Å². The Morgan fingerprint density at radius 2 is 0.590 bits per heavy atom. The van der Waals surface area contributed by atoms with Gasteiger partial charge in [-0.25, -0.2) is 29.9 Å². The normalized spacial score (nSPS) is 12.6. The van der Waals surface area contributed by atoms with Gasteiger partial charge in [-0.05, 0) is 19.3 Å². The van der Waals surface area contributed by atoms with Crippen LogP contribution in [0.5, 0.6) is 0 Å². The molecule has 0 saturated carbocycles. The summed E-state index contributed by atoms with van der Waals surface area (Å²) in [4.78, 5) is 99.9. The van der Waals surface area contributed by atoms with Crippen LogP contribution in [0.1, 0.15) is 170 Å². The molecule has 0 atom stereocenters. The van der Waals surface area contributed by atoms with Crippen LogP contribution in [0.15, 0.2) is 150 Å². The molecule has 0 amide bonds. The molecular weight excluding hydrogens is 1490 g/mol. The number of carbonyl (C=O) groups excluding carboxylic acids is 5. The van der Waals surface area contributed by atoms with Gasteiger partial charge in [0.25, 0.3) is 40.3 Å². The van der Waals surface area contributed by atoms with Crippen molar-refractivity contribution in [2.75, 3.05) is 0 Å². The molecule has 2 N–H and O–H groups in total. The zero-order valence-electron chi connectivity index (χ0n) is 62.6. The van der Waals surface area contributed by atoms with Crippen LogP contribution >= 0.6 is 0 Å². The van der Waals surface area contributed by atoms with Crippen LogP contribution in [0, 0.1) is 5.41 Å². The lowest BCUT2D eigenvalue weighted by molar-refractivity contribution is 0.103. The van der Waals surface area contributed by atoms with E-state index in [1.54, 1.807) is 59.0 Å². The fraction of sp³-hybridized carbons (Fsp3) is 0.175. The van der Waals surface area contributed by atoms with Gasteiger partial charge in [-0.15, -0.1) is 61.2 Å². The topological polar surface area (TPSA) is 465 Å². The number of benzene rings is 6. The number of aromatic nitrogens is 30. The van der Waals surface area contributed by atoms with Gasteiger partial charge in [0.15, 0.2) is 46.2 Å². The quantitative estimate of drug-likeness (QED) is 0.138. The fourth-order valence-corrected chi connectivity index (χ4v) is 14.5. The van der Waals surface area contributed by atoms with E-state index in [9.17, 15) is 28.8 Å². The number of ketones is 5. The largest absolute Gasteiger partial charge is 0.287 e. The van der Waals surface area contributed by atoms with Crippen LogP contribution in [0.25, 0.3) is 113 Å². The number of aryl methyl sites for hydroxylation is 5. The van der Waals surface area contributed by atoms with E-state index in [-0.39, 0.29) is 45.7 Å². The number of unbranched alkanes of at least 4 members (excludes halogenated alkanes) is 1. The second-order valence-electron chi connectivity index (χ2n) is 27.4. The van der Waals surface area contributed by atoms with Crippen molar-refractivity contribution in [3.05, 3.63) is 247 Å². The number of rotatable bonds is 9. The zero-order chi connectivity index (χ0) is 80.0. The number of hydrogen-bond donors (Lipinski definition) is 2. The van der Waals surface area contributed by atoms with Gasteiger partial charge < -0.3 is 0 Å². The second-order valence-corrected chi connectivity index (χ2v) is 27.4. The Labute approximate surface area is 656 Å². The minimum Gasteiger partial charge on any atom is -0.287 e. The van der Waals surface area contributed by atoms with Gasteiger partial charge in [-0.1, -0.05) is 187 Å². The molecule has 0 radical (unpaired) electrons. The van der Waals surface area contributed by atoms with Gasteiger partial charge >= 0.3 is 0 Å². The first-order valence-corrected chi connectivity index (χ1v) is 37.6. The Kier molecular flexibility index (Phi) is 17.5. The van der Waals surface area contributed by atoms with Crippen LogP contribution in [0.4, 0.5) is 0 Å². The van der Waals surface area contributed by atoms with Crippen molar-refractivity contribution in [3.8, 4) is 56.3 Å². The average Bonchev–Trinajstić information content (AvgIpc) is 1.62. The molecule has 5 aliphatic rings. The first-order chi connectivity index (χ1) is 57.2. The van der Waals surface area contributed by atoms with Crippen LogP contribution in [-0.2, 0) is 32.1 Å². The van der Waals surface area contributed by atoms with E-state index >= 15 is 0 Å². The number of carbonyl (C=O) groups is 5. The number of fused-ring (bicyclic) bond motifs is 24. The third kappa shape index (κ3) is 11.7. The van der Waals surface area contributed by atoms with E-state index < -0.39 is 0 Å². The minimum absolute atomic E-state index is 0.0443. The molecule has 24 rings (SSSR count).